The zero-order valence-corrected chi connectivity index (χ0v) is 30.2. The van der Waals surface area contributed by atoms with Gasteiger partial charge in [-0.25, -0.2) is 4.68 Å². The molecule has 0 aliphatic carbocycles. The van der Waals surface area contributed by atoms with Crippen molar-refractivity contribution in [2.75, 3.05) is 13.2 Å². The van der Waals surface area contributed by atoms with Crippen LogP contribution < -0.4 is 5.56 Å². The van der Waals surface area contributed by atoms with E-state index in [1.807, 2.05) is 48.3 Å². The van der Waals surface area contributed by atoms with E-state index < -0.39 is 8.32 Å². The number of ether oxygens (including phenoxy) is 1. The molecule has 2 atom stereocenters. The minimum atomic E-state index is -2.05. The van der Waals surface area contributed by atoms with E-state index in [2.05, 4.69) is 91.2 Å². The summed E-state index contributed by atoms with van der Waals surface area (Å²) in [7, 11) is -2.05. The molecule has 0 N–H and O–H groups in total. The second-order valence-corrected chi connectivity index (χ2v) is 19.6. The number of aryl methyl sites for hydroxylation is 1. The summed E-state index contributed by atoms with van der Waals surface area (Å²) in [6, 6.07) is 22.1. The molecule has 240 valence electrons. The van der Waals surface area contributed by atoms with Crippen molar-refractivity contribution in [2.24, 2.45) is 0 Å². The van der Waals surface area contributed by atoms with Crippen molar-refractivity contribution >= 4 is 35.2 Å². The Bertz CT molecular complexity index is 1920. The van der Waals surface area contributed by atoms with Crippen molar-refractivity contribution < 1.29 is 9.16 Å². The van der Waals surface area contributed by atoms with Crippen LogP contribution in [-0.4, -0.2) is 40.9 Å². The highest BCUT2D eigenvalue weighted by molar-refractivity contribution is 9.10. The van der Waals surface area contributed by atoms with Crippen LogP contribution in [0.15, 0.2) is 88.4 Å². The molecule has 2 aromatic carbocycles. The summed E-state index contributed by atoms with van der Waals surface area (Å²) < 4.78 is 17.6. The normalized spacial score (nSPS) is 16.5. The Labute approximate surface area is 280 Å². The molecule has 1 fully saturated rings. The van der Waals surface area contributed by atoms with Crippen LogP contribution in [0, 0.1) is 6.92 Å². The van der Waals surface area contributed by atoms with E-state index in [1.54, 1.807) is 10.6 Å². The lowest BCUT2D eigenvalue weighted by Gasteiger charge is -2.37. The van der Waals surface area contributed by atoms with Crippen molar-refractivity contribution in [2.45, 2.75) is 77.4 Å². The number of hydrogen-bond acceptors (Lipinski definition) is 5. The van der Waals surface area contributed by atoms with E-state index in [0.29, 0.717) is 6.61 Å². The van der Waals surface area contributed by atoms with Gasteiger partial charge in [-0.1, -0.05) is 54.9 Å². The zero-order valence-electron chi connectivity index (χ0n) is 27.6. The number of aromatic nitrogens is 4. The molecule has 0 radical (unpaired) electrons. The monoisotopic (exact) mass is 698 g/mol. The van der Waals surface area contributed by atoms with Gasteiger partial charge in [-0.2, -0.15) is 5.10 Å². The first-order chi connectivity index (χ1) is 21.9. The third-order valence-electron chi connectivity index (χ3n) is 9.56. The molecule has 7 nitrogen and oxygen atoms in total. The minimum absolute atomic E-state index is 0.0625. The summed E-state index contributed by atoms with van der Waals surface area (Å²) in [5.41, 5.74) is 6.64. The Kier molecular flexibility index (Phi) is 9.22. The fourth-order valence-electron chi connectivity index (χ4n) is 5.84. The molecule has 5 aromatic rings. The number of nitrogens with zero attached hydrogens (tertiary/aromatic N) is 4. The average molecular weight is 700 g/mol. The summed E-state index contributed by atoms with van der Waals surface area (Å²) in [6.07, 6.45) is 6.77. The van der Waals surface area contributed by atoms with Crippen molar-refractivity contribution in [1.82, 2.24) is 19.3 Å². The zero-order chi connectivity index (χ0) is 32.6. The second-order valence-electron chi connectivity index (χ2n) is 13.8. The van der Waals surface area contributed by atoms with E-state index >= 15 is 0 Å². The third kappa shape index (κ3) is 6.69. The number of rotatable bonds is 8. The molecule has 1 aliphatic rings. The molecule has 3 aromatic heterocycles. The third-order valence-corrected chi connectivity index (χ3v) is 14.6. The van der Waals surface area contributed by atoms with E-state index in [9.17, 15) is 4.79 Å². The minimum Gasteiger partial charge on any atom is -0.414 e. The topological polar surface area (TPSA) is 71.2 Å². The lowest BCUT2D eigenvalue weighted by molar-refractivity contribution is -0.0365. The molecule has 1 saturated heterocycles. The first-order valence-corrected chi connectivity index (χ1v) is 19.8. The Balaban J connectivity index is 1.40. The van der Waals surface area contributed by atoms with Crippen LogP contribution in [0.2, 0.25) is 18.1 Å². The predicted octanol–water partition coefficient (Wildman–Crippen LogP) is 9.31. The summed E-state index contributed by atoms with van der Waals surface area (Å²) >= 11 is 3.62. The standard InChI is InChI=1S/C37H43BrN4O3Si/c1-25-20-29(15-17-39-25)36-31-22-26(13-14-32(31)42(40-36)35-12-7-8-19-44-35)27-16-18-41(34(43)23-27)33(28-10-9-11-30(38)21-28)24-45-46(5,6)37(2,3)4/h9-11,13-18,20-23,33,35H,7-8,12,19,24H2,1-6H3/t33-,35?/m1/s1. The van der Waals surface area contributed by atoms with Gasteiger partial charge in [0.05, 0.1) is 18.2 Å². The Hall–Kier alpha value is -3.37. The number of benzene rings is 2. The van der Waals surface area contributed by atoms with E-state index in [4.69, 9.17) is 14.3 Å². The van der Waals surface area contributed by atoms with Crippen LogP contribution in [0.25, 0.3) is 33.3 Å². The first kappa shape index (κ1) is 32.6. The Morgan fingerprint density at radius 2 is 1.83 bits per heavy atom. The molecule has 46 heavy (non-hydrogen) atoms. The predicted molar refractivity (Wildman–Crippen MR) is 192 cm³/mol. The second kappa shape index (κ2) is 13.0. The van der Waals surface area contributed by atoms with Gasteiger partial charge in [0.15, 0.2) is 14.5 Å². The molecule has 9 heteroatoms. The number of fused-ring (bicyclic) bond motifs is 1. The van der Waals surface area contributed by atoms with E-state index in [-0.39, 0.29) is 22.9 Å². The van der Waals surface area contributed by atoms with Gasteiger partial charge in [-0.3, -0.25) is 9.78 Å². The van der Waals surface area contributed by atoms with E-state index in [1.165, 1.54) is 0 Å². The molecule has 0 amide bonds. The molecule has 1 aliphatic heterocycles. The Morgan fingerprint density at radius 1 is 1.02 bits per heavy atom. The van der Waals surface area contributed by atoms with Crippen molar-refractivity contribution in [1.29, 1.82) is 0 Å². The van der Waals surface area contributed by atoms with Gasteiger partial charge in [0, 0.05) is 46.2 Å². The summed E-state index contributed by atoms with van der Waals surface area (Å²) in [4.78, 5) is 18.3. The van der Waals surface area contributed by atoms with Crippen LogP contribution in [-0.2, 0) is 9.16 Å². The van der Waals surface area contributed by atoms with Crippen LogP contribution in [0.1, 0.15) is 63.6 Å². The van der Waals surface area contributed by atoms with E-state index in [0.717, 1.165) is 74.9 Å². The van der Waals surface area contributed by atoms with Crippen molar-refractivity contribution in [3.63, 3.8) is 0 Å². The molecule has 0 spiro atoms. The van der Waals surface area contributed by atoms with Crippen molar-refractivity contribution in [3.05, 3.63) is 105 Å². The molecular formula is C37H43BrN4O3Si. The van der Waals surface area contributed by atoms with Crippen LogP contribution >= 0.6 is 15.9 Å². The number of pyridine rings is 2. The highest BCUT2D eigenvalue weighted by Gasteiger charge is 2.38. The highest BCUT2D eigenvalue weighted by Crippen LogP contribution is 2.38. The molecular weight excluding hydrogens is 656 g/mol. The first-order valence-electron chi connectivity index (χ1n) is 16.1. The Morgan fingerprint density at radius 3 is 2.52 bits per heavy atom. The van der Waals surface area contributed by atoms with Crippen LogP contribution in [0.4, 0.5) is 0 Å². The summed E-state index contributed by atoms with van der Waals surface area (Å²) in [5.74, 6) is 0. The molecule has 0 saturated carbocycles. The van der Waals surface area contributed by atoms with Gasteiger partial charge < -0.3 is 13.7 Å². The average Bonchev–Trinajstić information content (AvgIpc) is 3.41. The fraction of sp³-hybridized carbons (Fsp3) is 0.378. The number of hydrogen-bond donors (Lipinski definition) is 0. The van der Waals surface area contributed by atoms with Gasteiger partial charge in [-0.05, 0) is 103 Å². The lowest BCUT2D eigenvalue weighted by atomic mass is 10.0. The lowest BCUT2D eigenvalue weighted by Crippen LogP contribution is -2.43. The molecule has 6 rings (SSSR count). The maximum Gasteiger partial charge on any atom is 0.251 e. The SMILES string of the molecule is Cc1cc(-c2nn(C3CCCCO3)c3ccc(-c4ccn([C@H](CO[Si](C)(C)C(C)(C)C)c5cccc(Br)c5)c(=O)c4)cc23)ccn1. The van der Waals surface area contributed by atoms with Crippen molar-refractivity contribution in [3.8, 4) is 22.4 Å². The number of halogens is 1. The van der Waals surface area contributed by atoms with Crippen LogP contribution in [0.5, 0.6) is 0 Å². The molecule has 1 unspecified atom stereocenters. The summed E-state index contributed by atoms with van der Waals surface area (Å²) in [6.45, 7) is 14.4. The van der Waals surface area contributed by atoms with Gasteiger partial charge in [-0.15, -0.1) is 0 Å². The van der Waals surface area contributed by atoms with Gasteiger partial charge in [0.1, 0.15) is 5.69 Å². The highest BCUT2D eigenvalue weighted by atomic mass is 79.9. The maximum absolute atomic E-state index is 13.9. The van der Waals surface area contributed by atoms with Gasteiger partial charge in [0.25, 0.3) is 5.56 Å². The quantitative estimate of drug-likeness (QED) is 0.151. The molecule has 4 heterocycles. The maximum atomic E-state index is 13.9. The molecule has 0 bridgehead atoms. The summed E-state index contributed by atoms with van der Waals surface area (Å²) in [5, 5.41) is 6.18. The van der Waals surface area contributed by atoms with Crippen LogP contribution in [0.3, 0.4) is 0 Å². The van der Waals surface area contributed by atoms with Gasteiger partial charge >= 0.3 is 0 Å². The fourth-order valence-corrected chi connectivity index (χ4v) is 7.27. The smallest absolute Gasteiger partial charge is 0.251 e. The largest absolute Gasteiger partial charge is 0.414 e. The van der Waals surface area contributed by atoms with Gasteiger partial charge in [0.2, 0.25) is 0 Å².